The van der Waals surface area contributed by atoms with Crippen LogP contribution in [0.3, 0.4) is 0 Å². The summed E-state index contributed by atoms with van der Waals surface area (Å²) < 4.78 is 44.5. The molecule has 17 heteroatoms. The maximum atomic E-state index is 16.4. The van der Waals surface area contributed by atoms with Gasteiger partial charge < -0.3 is 28.0 Å². The zero-order valence-corrected chi connectivity index (χ0v) is 45.0. The molecule has 0 spiro atoms. The molecule has 9 rings (SSSR count). The van der Waals surface area contributed by atoms with Crippen LogP contribution in [0.2, 0.25) is 0 Å². The monoisotopic (exact) mass is 1040 g/mol. The molecule has 2 aliphatic rings. The number of carbonyl (C=O) groups excluding carboxylic acids is 3. The van der Waals surface area contributed by atoms with E-state index in [4.69, 9.17) is 38.0 Å². The summed E-state index contributed by atoms with van der Waals surface area (Å²) >= 11 is 0. The molecule has 7 aromatic rings. The number of fused-ring (bicyclic) bond motifs is 3. The summed E-state index contributed by atoms with van der Waals surface area (Å²) in [6.45, 7) is 13.7. The van der Waals surface area contributed by atoms with Gasteiger partial charge >= 0.3 is 0 Å². The van der Waals surface area contributed by atoms with Gasteiger partial charge in [-0.1, -0.05) is 103 Å². The van der Waals surface area contributed by atoms with E-state index in [9.17, 15) is 5.26 Å². The normalized spacial score (nSPS) is 18.6. The van der Waals surface area contributed by atoms with E-state index in [0.717, 1.165) is 0 Å². The minimum Gasteiger partial charge on any atom is -0.497 e. The molecule has 0 radical (unpaired) electrons. The van der Waals surface area contributed by atoms with E-state index < -0.39 is 67.6 Å². The summed E-state index contributed by atoms with van der Waals surface area (Å²) in [6.07, 6.45) is -2.79. The molecule has 1 amide bonds. The predicted molar refractivity (Wildman–Crippen MR) is 288 cm³/mol. The second kappa shape index (κ2) is 22.5. The zero-order valence-electron chi connectivity index (χ0n) is 44.1. The van der Waals surface area contributed by atoms with Gasteiger partial charge in [0, 0.05) is 28.7 Å². The van der Waals surface area contributed by atoms with Crippen LogP contribution in [-0.4, -0.2) is 98.4 Å². The summed E-state index contributed by atoms with van der Waals surface area (Å²) in [5.74, 6) is -1.41. The van der Waals surface area contributed by atoms with Crippen molar-refractivity contribution in [2.24, 2.45) is 5.92 Å². The molecule has 0 saturated carbocycles. The lowest BCUT2D eigenvalue weighted by Gasteiger charge is -2.42. The quantitative estimate of drug-likeness (QED) is 0.0343. The molecule has 16 nitrogen and oxygen atoms in total. The number of imidazole rings is 1. The van der Waals surface area contributed by atoms with Gasteiger partial charge in [-0.3, -0.25) is 23.9 Å². The maximum absolute atomic E-state index is 16.4. The molecular weight excluding hydrogens is 982 g/mol. The first-order chi connectivity index (χ1) is 36.6. The number of methoxy groups -OCH3 is 2. The Morgan fingerprint density at radius 1 is 0.763 bits per heavy atom. The number of hydrogen-bond acceptors (Lipinski definition) is 14. The number of hydrogen-bond donors (Lipinski definition) is 0. The van der Waals surface area contributed by atoms with Crippen LogP contribution in [0.15, 0.2) is 146 Å². The summed E-state index contributed by atoms with van der Waals surface area (Å²) in [4.78, 5) is 63.6. The highest BCUT2D eigenvalue weighted by molar-refractivity contribution is 7.44. The lowest BCUT2D eigenvalue weighted by molar-refractivity contribution is -0.124. The average molecular weight is 1040 g/mol. The van der Waals surface area contributed by atoms with Gasteiger partial charge in [0.15, 0.2) is 34.7 Å². The van der Waals surface area contributed by atoms with Crippen molar-refractivity contribution in [2.45, 2.75) is 103 Å². The third-order valence-electron chi connectivity index (χ3n) is 13.7. The number of carbonyl (C=O) groups is 3. The average Bonchev–Trinajstić information content (AvgIpc) is 4.12. The van der Waals surface area contributed by atoms with Crippen LogP contribution < -0.4 is 14.4 Å². The fourth-order valence-corrected chi connectivity index (χ4v) is 12.1. The summed E-state index contributed by atoms with van der Waals surface area (Å²) in [7, 11) is 1.02. The molecule has 0 N–H and O–H groups in total. The Morgan fingerprint density at radius 3 is 1.89 bits per heavy atom. The molecule has 392 valence electrons. The number of benzene rings is 5. The van der Waals surface area contributed by atoms with Gasteiger partial charge in [0.05, 0.1) is 51.1 Å². The maximum Gasteiger partial charge on any atom is 0.260 e. The first-order valence-electron chi connectivity index (χ1n) is 25.3. The molecule has 5 aromatic carbocycles. The number of amides is 1. The van der Waals surface area contributed by atoms with Gasteiger partial charge in [0.1, 0.15) is 41.9 Å². The molecule has 2 aliphatic heterocycles. The molecule has 1 fully saturated rings. The number of ether oxygens (including phenoxy) is 4. The molecule has 2 unspecified atom stereocenters. The van der Waals surface area contributed by atoms with E-state index in [0.29, 0.717) is 33.8 Å². The molecular formula is C59H62N7O9P. The van der Waals surface area contributed by atoms with Crippen LogP contribution in [-0.2, 0) is 24.1 Å². The molecule has 1 saturated heterocycles. The van der Waals surface area contributed by atoms with Crippen LogP contribution in [0.5, 0.6) is 11.5 Å². The number of anilines is 1. The molecule has 2 aromatic heterocycles. The topological polar surface area (TPSA) is 180 Å². The minimum atomic E-state index is -2.16. The third kappa shape index (κ3) is 10.1. The van der Waals surface area contributed by atoms with Crippen LogP contribution in [0.4, 0.5) is 5.82 Å². The van der Waals surface area contributed by atoms with Crippen molar-refractivity contribution in [2.75, 3.05) is 25.7 Å². The summed E-state index contributed by atoms with van der Waals surface area (Å²) in [6, 6.07) is 41.8. The fourth-order valence-electron chi connectivity index (χ4n) is 10.3. The van der Waals surface area contributed by atoms with Gasteiger partial charge in [-0.15, -0.1) is 0 Å². The smallest absolute Gasteiger partial charge is 0.260 e. The van der Waals surface area contributed by atoms with Gasteiger partial charge in [-0.05, 0) is 95.5 Å². The Morgan fingerprint density at radius 2 is 1.33 bits per heavy atom. The highest BCUT2D eigenvalue weighted by Crippen LogP contribution is 2.55. The Hall–Kier alpha value is -7.22. The van der Waals surface area contributed by atoms with E-state index in [1.807, 2.05) is 133 Å². The van der Waals surface area contributed by atoms with Gasteiger partial charge in [0.25, 0.3) is 14.4 Å². The van der Waals surface area contributed by atoms with Crippen molar-refractivity contribution < 1.29 is 42.4 Å². The van der Waals surface area contributed by atoms with Crippen molar-refractivity contribution in [3.8, 4) is 17.6 Å². The number of aromatic nitrogens is 4. The number of rotatable bonds is 18. The summed E-state index contributed by atoms with van der Waals surface area (Å²) in [5, 5.41) is 9.80. The first-order valence-corrected chi connectivity index (χ1v) is 26.4. The SMILES string of the molecule is COc1ccc(C(OC(C(=O)c2ccccc2)[C@H]2O[C@@H]3[C@H](C(=O)c4ccccc4C(=O)N(C(C)(C)C)c4ncnc5c4ncn53)[C@@H]2OP(OCCC#N)N(C(C)C)C(C)C)(c2ccccc2)c2ccc(OC)cc2)cc1. The summed E-state index contributed by atoms with van der Waals surface area (Å²) in [5.41, 5.74) is 0.511. The molecule has 6 atom stereocenters. The number of nitrogens with zero attached hydrogens (tertiary/aromatic N) is 7. The van der Waals surface area contributed by atoms with Crippen molar-refractivity contribution in [1.29, 1.82) is 5.26 Å². The van der Waals surface area contributed by atoms with E-state index in [1.165, 1.54) is 17.6 Å². The fraction of sp³-hybridized carbons (Fsp3) is 0.339. The van der Waals surface area contributed by atoms with E-state index >= 15 is 14.4 Å². The predicted octanol–water partition coefficient (Wildman–Crippen LogP) is 10.9. The lowest BCUT2D eigenvalue weighted by atomic mass is 9.79. The third-order valence-corrected chi connectivity index (χ3v) is 15.8. The van der Waals surface area contributed by atoms with Crippen LogP contribution in [0, 0.1) is 17.2 Å². The van der Waals surface area contributed by atoms with Crippen molar-refractivity contribution in [1.82, 2.24) is 24.2 Å². The second-order valence-corrected chi connectivity index (χ2v) is 21.6. The second-order valence-electron chi connectivity index (χ2n) is 20.1. The Kier molecular flexibility index (Phi) is 15.9. The van der Waals surface area contributed by atoms with Crippen molar-refractivity contribution in [3.63, 3.8) is 0 Å². The van der Waals surface area contributed by atoms with Crippen LogP contribution in [0.25, 0.3) is 11.2 Å². The Labute approximate surface area is 444 Å². The number of nitriles is 1. The zero-order chi connectivity index (χ0) is 53.9. The van der Waals surface area contributed by atoms with Crippen molar-refractivity contribution in [3.05, 3.63) is 179 Å². The first kappa shape index (κ1) is 53.6. The Balaban J connectivity index is 1.36. The van der Waals surface area contributed by atoms with E-state index in [1.54, 1.807) is 67.3 Å². The lowest BCUT2D eigenvalue weighted by Crippen LogP contribution is -2.50. The standard InChI is InChI=1S/C59H62N7O9P/c1-37(2)66(38(3)4)76(72-34-18-33-60)75-51-47-50(68)45-23-16-17-24-46(45)56(69)65(58(5,6)7)55-48-54(61-35-62-55)64(36-63-48)57(47)73-53(51)52(49(67)39-19-12-10-13-20-39)74-59(40-21-14-11-15-22-40,41-25-29-43(70-8)30-26-41)42-27-31-44(71-9)32-28-42/h10-17,19-32,35-38,47,51-53,57H,18,34H2,1-9H3/t47-,51+,52?,53+,57-,76?/m1/s1. The van der Waals surface area contributed by atoms with Gasteiger partial charge in [-0.25, -0.2) is 19.6 Å². The van der Waals surface area contributed by atoms with Crippen molar-refractivity contribution >= 4 is 43.0 Å². The minimum absolute atomic E-state index is 0.000804. The Bertz CT molecular complexity index is 3160. The number of ketones is 2. The molecule has 76 heavy (non-hydrogen) atoms. The van der Waals surface area contributed by atoms with E-state index in [-0.39, 0.29) is 53.2 Å². The van der Waals surface area contributed by atoms with Gasteiger partial charge in [-0.2, -0.15) is 5.26 Å². The van der Waals surface area contributed by atoms with Crippen LogP contribution in [0.1, 0.15) is 109 Å². The van der Waals surface area contributed by atoms with E-state index in [2.05, 4.69) is 15.7 Å². The number of Topliss-reactive ketones (excluding diaryl/α,β-unsaturated/α-hetero) is 2. The highest BCUT2D eigenvalue weighted by Gasteiger charge is 2.59. The molecule has 4 heterocycles. The largest absolute Gasteiger partial charge is 0.497 e. The molecule has 0 aliphatic carbocycles. The van der Waals surface area contributed by atoms with Gasteiger partial charge in [0.2, 0.25) is 0 Å². The molecule has 4 bridgehead atoms. The van der Waals surface area contributed by atoms with Crippen LogP contribution >= 0.6 is 8.53 Å². The highest BCUT2D eigenvalue weighted by atomic mass is 31.2.